The van der Waals surface area contributed by atoms with Crippen molar-refractivity contribution in [3.05, 3.63) is 23.8 Å². The van der Waals surface area contributed by atoms with Crippen LogP contribution in [0, 0.1) is 12.3 Å². The van der Waals surface area contributed by atoms with Crippen LogP contribution in [0.2, 0.25) is 0 Å². The van der Waals surface area contributed by atoms with Crippen LogP contribution in [0.4, 0.5) is 5.69 Å². The monoisotopic (exact) mass is 233 g/mol. The fraction of sp³-hybridized carbons (Fsp3) is 0.308. The highest BCUT2D eigenvalue weighted by atomic mass is 16.5. The van der Waals surface area contributed by atoms with Crippen molar-refractivity contribution in [2.24, 2.45) is 0 Å². The maximum Gasteiger partial charge on any atom is 0.337 e. The van der Waals surface area contributed by atoms with Gasteiger partial charge in [0.15, 0.2) is 0 Å². The molecule has 4 nitrogen and oxygen atoms in total. The summed E-state index contributed by atoms with van der Waals surface area (Å²) >= 11 is 0. The van der Waals surface area contributed by atoms with E-state index in [9.17, 15) is 4.79 Å². The molecule has 0 aliphatic heterocycles. The Morgan fingerprint density at radius 1 is 1.53 bits per heavy atom. The molecule has 0 aliphatic carbocycles. The lowest BCUT2D eigenvalue weighted by Gasteiger charge is -2.22. The maximum absolute atomic E-state index is 11.1. The van der Waals surface area contributed by atoms with Gasteiger partial charge < -0.3 is 15.2 Å². The van der Waals surface area contributed by atoms with E-state index in [1.165, 1.54) is 13.2 Å². The van der Waals surface area contributed by atoms with Crippen molar-refractivity contribution in [2.45, 2.75) is 19.4 Å². The maximum atomic E-state index is 11.1. The second-order valence-corrected chi connectivity index (χ2v) is 4.11. The Morgan fingerprint density at radius 3 is 2.65 bits per heavy atom. The van der Waals surface area contributed by atoms with E-state index in [4.69, 9.17) is 16.3 Å². The Bertz CT molecular complexity index is 472. The molecular weight excluding hydrogens is 218 g/mol. The van der Waals surface area contributed by atoms with Crippen molar-refractivity contribution in [2.75, 3.05) is 12.4 Å². The molecular formula is C13H15NO3. The van der Waals surface area contributed by atoms with Gasteiger partial charge in [0.25, 0.3) is 0 Å². The fourth-order valence-electron chi connectivity index (χ4n) is 1.31. The SMILES string of the molecule is C#CC(C)(C)Nc1cc(OC)ccc1C(=O)O. The number of anilines is 1. The van der Waals surface area contributed by atoms with E-state index in [1.54, 1.807) is 26.0 Å². The number of rotatable bonds is 4. The molecule has 0 spiro atoms. The van der Waals surface area contributed by atoms with Crippen LogP contribution in [0.15, 0.2) is 18.2 Å². The van der Waals surface area contributed by atoms with Crippen LogP contribution in [0.1, 0.15) is 24.2 Å². The van der Waals surface area contributed by atoms with Crippen molar-refractivity contribution in [3.63, 3.8) is 0 Å². The lowest BCUT2D eigenvalue weighted by molar-refractivity contribution is 0.0698. The average Bonchev–Trinajstić information content (AvgIpc) is 2.28. The van der Waals surface area contributed by atoms with Gasteiger partial charge in [0.2, 0.25) is 0 Å². The molecule has 17 heavy (non-hydrogen) atoms. The van der Waals surface area contributed by atoms with Gasteiger partial charge in [-0.2, -0.15) is 0 Å². The van der Waals surface area contributed by atoms with E-state index >= 15 is 0 Å². The fourth-order valence-corrected chi connectivity index (χ4v) is 1.31. The summed E-state index contributed by atoms with van der Waals surface area (Å²) in [5.41, 5.74) is -0.0229. The number of aromatic carboxylic acids is 1. The van der Waals surface area contributed by atoms with Crippen LogP contribution in [0.3, 0.4) is 0 Å². The summed E-state index contributed by atoms with van der Waals surface area (Å²) in [6.45, 7) is 3.58. The van der Waals surface area contributed by atoms with Crippen LogP contribution in [0.25, 0.3) is 0 Å². The van der Waals surface area contributed by atoms with Crippen LogP contribution >= 0.6 is 0 Å². The molecule has 0 unspecified atom stereocenters. The highest BCUT2D eigenvalue weighted by Crippen LogP contribution is 2.25. The minimum Gasteiger partial charge on any atom is -0.497 e. The first-order valence-electron chi connectivity index (χ1n) is 5.07. The molecule has 0 bridgehead atoms. The van der Waals surface area contributed by atoms with Crippen molar-refractivity contribution < 1.29 is 14.6 Å². The largest absolute Gasteiger partial charge is 0.497 e. The second-order valence-electron chi connectivity index (χ2n) is 4.11. The minimum absolute atomic E-state index is 0.161. The average molecular weight is 233 g/mol. The molecule has 0 radical (unpaired) electrons. The number of carboxylic acid groups (broad SMARTS) is 1. The third-order valence-corrected chi connectivity index (χ3v) is 2.27. The molecule has 1 rings (SSSR count). The highest BCUT2D eigenvalue weighted by molar-refractivity contribution is 5.94. The van der Waals surface area contributed by atoms with E-state index in [1.807, 2.05) is 0 Å². The zero-order valence-corrected chi connectivity index (χ0v) is 10.1. The number of carbonyl (C=O) groups is 1. The number of benzene rings is 1. The van der Waals surface area contributed by atoms with Crippen molar-refractivity contribution in [1.82, 2.24) is 0 Å². The molecule has 0 fully saturated rings. The third-order valence-electron chi connectivity index (χ3n) is 2.27. The molecule has 0 amide bonds. The van der Waals surface area contributed by atoms with Crippen LogP contribution < -0.4 is 10.1 Å². The second kappa shape index (κ2) is 4.79. The number of hydrogen-bond donors (Lipinski definition) is 2. The Morgan fingerprint density at radius 2 is 2.18 bits per heavy atom. The van der Waals surface area contributed by atoms with Gasteiger partial charge in [-0.15, -0.1) is 6.42 Å². The Labute approximate surface area is 101 Å². The lowest BCUT2D eigenvalue weighted by atomic mass is 10.0. The third kappa shape index (κ3) is 3.15. The Balaban J connectivity index is 3.19. The summed E-state index contributed by atoms with van der Waals surface area (Å²) < 4.78 is 5.05. The summed E-state index contributed by atoms with van der Waals surface area (Å²) in [7, 11) is 1.52. The van der Waals surface area contributed by atoms with Gasteiger partial charge in [-0.05, 0) is 26.0 Å². The predicted molar refractivity (Wildman–Crippen MR) is 66.5 cm³/mol. The van der Waals surface area contributed by atoms with Crippen molar-refractivity contribution in [1.29, 1.82) is 0 Å². The molecule has 0 atom stereocenters. The summed E-state index contributed by atoms with van der Waals surface area (Å²) in [6, 6.07) is 4.69. The first-order chi connectivity index (χ1) is 7.89. The van der Waals surface area contributed by atoms with Gasteiger partial charge in [0.1, 0.15) is 5.75 Å². The number of ether oxygens (including phenoxy) is 1. The van der Waals surface area contributed by atoms with Crippen molar-refractivity contribution >= 4 is 11.7 Å². The van der Waals surface area contributed by atoms with Crippen LogP contribution in [-0.4, -0.2) is 23.7 Å². The normalized spacial score (nSPS) is 10.5. The van der Waals surface area contributed by atoms with E-state index in [-0.39, 0.29) is 5.56 Å². The first kappa shape index (κ1) is 12.9. The van der Waals surface area contributed by atoms with E-state index in [0.29, 0.717) is 11.4 Å². The molecule has 0 aliphatic rings. The predicted octanol–water partition coefficient (Wildman–Crippen LogP) is 2.22. The van der Waals surface area contributed by atoms with Gasteiger partial charge in [-0.3, -0.25) is 0 Å². The molecule has 1 aromatic carbocycles. The van der Waals surface area contributed by atoms with Gasteiger partial charge in [-0.1, -0.05) is 5.92 Å². The molecule has 0 aromatic heterocycles. The van der Waals surface area contributed by atoms with Gasteiger partial charge >= 0.3 is 5.97 Å². The van der Waals surface area contributed by atoms with Gasteiger partial charge in [0.05, 0.1) is 23.9 Å². The van der Waals surface area contributed by atoms with E-state index in [2.05, 4.69) is 11.2 Å². The summed E-state index contributed by atoms with van der Waals surface area (Å²) in [6.07, 6.45) is 5.36. The van der Waals surface area contributed by atoms with Crippen LogP contribution in [0.5, 0.6) is 5.75 Å². The summed E-state index contributed by atoms with van der Waals surface area (Å²) in [4.78, 5) is 11.1. The smallest absolute Gasteiger partial charge is 0.337 e. The summed E-state index contributed by atoms with van der Waals surface area (Å²) in [5, 5.41) is 12.1. The van der Waals surface area contributed by atoms with Gasteiger partial charge in [-0.25, -0.2) is 4.79 Å². The van der Waals surface area contributed by atoms with Gasteiger partial charge in [0, 0.05) is 6.07 Å². The number of carboxylic acids is 1. The van der Waals surface area contributed by atoms with E-state index in [0.717, 1.165) is 0 Å². The first-order valence-corrected chi connectivity index (χ1v) is 5.07. The number of hydrogen-bond acceptors (Lipinski definition) is 3. The molecule has 0 heterocycles. The molecule has 90 valence electrons. The molecule has 2 N–H and O–H groups in total. The van der Waals surface area contributed by atoms with E-state index < -0.39 is 11.5 Å². The number of nitrogens with one attached hydrogen (secondary N) is 1. The quantitative estimate of drug-likeness (QED) is 0.783. The Hall–Kier alpha value is -2.15. The van der Waals surface area contributed by atoms with Crippen LogP contribution in [-0.2, 0) is 0 Å². The molecule has 0 saturated heterocycles. The molecule has 4 heteroatoms. The van der Waals surface area contributed by atoms with Crippen molar-refractivity contribution in [3.8, 4) is 18.1 Å². The zero-order chi connectivity index (χ0) is 13.1. The topological polar surface area (TPSA) is 58.6 Å². The number of terminal acetylenes is 1. The molecule has 0 saturated carbocycles. The summed E-state index contributed by atoms with van der Waals surface area (Å²) in [5.74, 6) is 2.11. The number of methoxy groups -OCH3 is 1. The lowest BCUT2D eigenvalue weighted by Crippen LogP contribution is -2.29. The zero-order valence-electron chi connectivity index (χ0n) is 10.1. The highest BCUT2D eigenvalue weighted by Gasteiger charge is 2.18. The Kier molecular flexibility index (Phi) is 3.64. The minimum atomic E-state index is -1.01. The molecule has 1 aromatic rings. The standard InChI is InChI=1S/C13H15NO3/c1-5-13(2,3)14-11-8-9(17-4)6-7-10(11)12(15)16/h1,6-8,14H,2-4H3,(H,15,16).